The van der Waals surface area contributed by atoms with Crippen LogP contribution in [0.5, 0.6) is 0 Å². The number of benzene rings is 1. The number of halogens is 2. The van der Waals surface area contributed by atoms with Gasteiger partial charge in [-0.25, -0.2) is 0 Å². The molecule has 0 aromatic heterocycles. The van der Waals surface area contributed by atoms with Gasteiger partial charge in [0.05, 0.1) is 6.61 Å². The first-order valence-electron chi connectivity index (χ1n) is 4.64. The van der Waals surface area contributed by atoms with E-state index in [4.69, 9.17) is 34.0 Å². The fourth-order valence-corrected chi connectivity index (χ4v) is 1.60. The maximum atomic E-state index is 8.71. The fourth-order valence-electron chi connectivity index (χ4n) is 1.12. The van der Waals surface area contributed by atoms with E-state index >= 15 is 0 Å². The van der Waals surface area contributed by atoms with Crippen LogP contribution in [0.25, 0.3) is 0 Å². The first kappa shape index (κ1) is 12.7. The molecule has 0 saturated carbocycles. The summed E-state index contributed by atoms with van der Waals surface area (Å²) in [5, 5.41) is 13.1. The van der Waals surface area contributed by atoms with Gasteiger partial charge in [-0.15, -0.1) is 0 Å². The summed E-state index contributed by atoms with van der Waals surface area (Å²) in [6.07, 6.45) is 0. The van der Waals surface area contributed by atoms with Crippen LogP contribution < -0.4 is 11.1 Å². The van der Waals surface area contributed by atoms with Crippen LogP contribution in [-0.4, -0.2) is 24.3 Å². The molecule has 1 aromatic carbocycles. The summed E-state index contributed by atoms with van der Waals surface area (Å²) in [7, 11) is 0. The van der Waals surface area contributed by atoms with Crippen LogP contribution in [0.1, 0.15) is 5.56 Å². The van der Waals surface area contributed by atoms with E-state index in [1.165, 1.54) is 0 Å². The molecule has 0 saturated heterocycles. The minimum Gasteiger partial charge on any atom is -0.395 e. The Balaban J connectivity index is 2.44. The number of hydrogen-bond acceptors (Lipinski definition) is 3. The molecule has 0 aliphatic heterocycles. The molecule has 0 aliphatic carbocycles. The van der Waals surface area contributed by atoms with Crippen molar-refractivity contribution in [1.82, 2.24) is 5.32 Å². The number of nitrogens with one attached hydrogen (secondary N) is 1. The van der Waals surface area contributed by atoms with Crippen molar-refractivity contribution in [2.45, 2.75) is 12.6 Å². The second-order valence-corrected chi connectivity index (χ2v) is 4.15. The van der Waals surface area contributed by atoms with E-state index < -0.39 is 0 Å². The number of aliphatic hydroxyl groups is 1. The molecule has 0 bridgehead atoms. The minimum absolute atomic E-state index is 0.0264. The first-order chi connectivity index (χ1) is 7.13. The van der Waals surface area contributed by atoms with Crippen molar-refractivity contribution >= 4 is 23.2 Å². The van der Waals surface area contributed by atoms with Crippen molar-refractivity contribution < 1.29 is 5.11 Å². The van der Waals surface area contributed by atoms with E-state index in [1.54, 1.807) is 12.1 Å². The van der Waals surface area contributed by atoms with Gasteiger partial charge >= 0.3 is 0 Å². The smallest absolute Gasteiger partial charge is 0.0594 e. The van der Waals surface area contributed by atoms with Crippen LogP contribution in [0.15, 0.2) is 18.2 Å². The molecule has 1 atom stereocenters. The van der Waals surface area contributed by atoms with E-state index in [1.807, 2.05) is 6.07 Å². The van der Waals surface area contributed by atoms with Crippen LogP contribution >= 0.6 is 23.2 Å². The lowest BCUT2D eigenvalue weighted by atomic mass is 10.2. The number of aliphatic hydroxyl groups excluding tert-OH is 1. The monoisotopic (exact) mass is 248 g/mol. The third kappa shape index (κ3) is 4.36. The van der Waals surface area contributed by atoms with Crippen molar-refractivity contribution in [3.63, 3.8) is 0 Å². The molecule has 0 spiro atoms. The van der Waals surface area contributed by atoms with Crippen molar-refractivity contribution in [2.75, 3.05) is 13.2 Å². The molecular formula is C10H14Cl2N2O. The Hall–Kier alpha value is -0.320. The third-order valence-corrected chi connectivity index (χ3v) is 2.56. The summed E-state index contributed by atoms with van der Waals surface area (Å²) in [4.78, 5) is 0. The van der Waals surface area contributed by atoms with Crippen LogP contribution in [0, 0.1) is 0 Å². The molecule has 3 nitrogen and oxygen atoms in total. The first-order valence-corrected chi connectivity index (χ1v) is 5.40. The summed E-state index contributed by atoms with van der Waals surface area (Å²) in [6.45, 7) is 1.14. The molecule has 84 valence electrons. The molecule has 1 unspecified atom stereocenters. The average Bonchev–Trinajstić information content (AvgIpc) is 2.21. The highest BCUT2D eigenvalue weighted by Crippen LogP contribution is 2.20. The van der Waals surface area contributed by atoms with Crippen molar-refractivity contribution in [3.05, 3.63) is 33.8 Å². The van der Waals surface area contributed by atoms with Crippen molar-refractivity contribution in [3.8, 4) is 0 Å². The lowest BCUT2D eigenvalue weighted by molar-refractivity contribution is 0.262. The van der Waals surface area contributed by atoms with Crippen LogP contribution in [0.2, 0.25) is 10.0 Å². The molecule has 1 rings (SSSR count). The molecule has 0 radical (unpaired) electrons. The van der Waals surface area contributed by atoms with E-state index in [0.29, 0.717) is 23.1 Å². The lowest BCUT2D eigenvalue weighted by Crippen LogP contribution is -2.36. The molecular weight excluding hydrogens is 235 g/mol. The van der Waals surface area contributed by atoms with Gasteiger partial charge in [-0.05, 0) is 17.7 Å². The largest absolute Gasteiger partial charge is 0.395 e. The molecule has 4 N–H and O–H groups in total. The molecule has 0 fully saturated rings. The summed E-state index contributed by atoms with van der Waals surface area (Å²) < 4.78 is 0. The van der Waals surface area contributed by atoms with Gasteiger partial charge in [0.25, 0.3) is 0 Å². The molecule has 0 amide bonds. The van der Waals surface area contributed by atoms with Gasteiger partial charge < -0.3 is 16.2 Å². The summed E-state index contributed by atoms with van der Waals surface area (Å²) >= 11 is 11.7. The Bertz CT molecular complexity index is 320. The number of nitrogens with two attached hydrogens (primary N) is 1. The molecule has 5 heteroatoms. The van der Waals surface area contributed by atoms with Crippen molar-refractivity contribution in [2.24, 2.45) is 5.73 Å². The number of hydrogen-bond donors (Lipinski definition) is 3. The van der Waals surface area contributed by atoms with Gasteiger partial charge in [0, 0.05) is 29.2 Å². The van der Waals surface area contributed by atoms with Gasteiger partial charge in [0.15, 0.2) is 0 Å². The van der Waals surface area contributed by atoms with E-state index in [9.17, 15) is 0 Å². The van der Waals surface area contributed by atoms with Gasteiger partial charge in [-0.3, -0.25) is 0 Å². The average molecular weight is 249 g/mol. The second kappa shape index (κ2) is 6.30. The minimum atomic E-state index is -0.240. The summed E-state index contributed by atoms with van der Waals surface area (Å²) in [6, 6.07) is 5.11. The summed E-state index contributed by atoms with van der Waals surface area (Å²) in [5.74, 6) is 0. The van der Waals surface area contributed by atoms with Crippen LogP contribution in [0.3, 0.4) is 0 Å². The third-order valence-electron chi connectivity index (χ3n) is 1.97. The Labute approximate surface area is 99.2 Å². The maximum absolute atomic E-state index is 8.71. The second-order valence-electron chi connectivity index (χ2n) is 3.31. The van der Waals surface area contributed by atoms with E-state index in [2.05, 4.69) is 5.32 Å². The predicted molar refractivity (Wildman–Crippen MR) is 63.2 cm³/mol. The van der Waals surface area contributed by atoms with Crippen LogP contribution in [0.4, 0.5) is 0 Å². The van der Waals surface area contributed by atoms with Crippen LogP contribution in [-0.2, 0) is 6.54 Å². The molecule has 1 aromatic rings. The Kier molecular flexibility index (Phi) is 5.36. The Morgan fingerprint density at radius 2 is 2.13 bits per heavy atom. The fraction of sp³-hybridized carbons (Fsp3) is 0.400. The van der Waals surface area contributed by atoms with Crippen molar-refractivity contribution in [1.29, 1.82) is 0 Å². The van der Waals surface area contributed by atoms with Gasteiger partial charge in [0.2, 0.25) is 0 Å². The summed E-state index contributed by atoms with van der Waals surface area (Å²) in [5.41, 5.74) is 6.50. The standard InChI is InChI=1S/C10H14Cl2N2O/c11-8-2-1-7(10(12)3-8)4-14-5-9(13)6-15/h1-3,9,14-15H,4-6,13H2. The molecule has 0 aliphatic rings. The van der Waals surface area contributed by atoms with Gasteiger partial charge in [-0.2, -0.15) is 0 Å². The lowest BCUT2D eigenvalue weighted by Gasteiger charge is -2.10. The van der Waals surface area contributed by atoms with E-state index in [-0.39, 0.29) is 12.6 Å². The van der Waals surface area contributed by atoms with Gasteiger partial charge in [-0.1, -0.05) is 29.3 Å². The van der Waals surface area contributed by atoms with E-state index in [0.717, 1.165) is 5.56 Å². The number of rotatable bonds is 5. The maximum Gasteiger partial charge on any atom is 0.0594 e. The van der Waals surface area contributed by atoms with Gasteiger partial charge in [0.1, 0.15) is 0 Å². The SMILES string of the molecule is NC(CO)CNCc1ccc(Cl)cc1Cl. The Morgan fingerprint density at radius 3 is 2.73 bits per heavy atom. The Morgan fingerprint density at radius 1 is 1.40 bits per heavy atom. The zero-order valence-corrected chi connectivity index (χ0v) is 9.72. The normalized spacial score (nSPS) is 12.8. The highest BCUT2D eigenvalue weighted by atomic mass is 35.5. The predicted octanol–water partition coefficient (Wildman–Crippen LogP) is 1.40. The highest BCUT2D eigenvalue weighted by molar-refractivity contribution is 6.35. The highest BCUT2D eigenvalue weighted by Gasteiger charge is 2.02. The zero-order chi connectivity index (χ0) is 11.3. The molecule has 15 heavy (non-hydrogen) atoms. The quantitative estimate of drug-likeness (QED) is 0.739. The zero-order valence-electron chi connectivity index (χ0n) is 8.21. The molecule has 0 heterocycles. The topological polar surface area (TPSA) is 58.3 Å².